The highest BCUT2D eigenvalue weighted by Gasteiger charge is 2.29. The maximum absolute atomic E-state index is 11.5. The Hall–Kier alpha value is -1.19. The molecule has 4 heteroatoms. The van der Waals surface area contributed by atoms with E-state index in [-0.39, 0.29) is 23.9 Å². The van der Waals surface area contributed by atoms with E-state index < -0.39 is 0 Å². The van der Waals surface area contributed by atoms with Crippen LogP contribution in [-0.4, -0.2) is 23.9 Å². The standard InChI is InChI=1S/C10H15NO3/c1-3-14-11-7(2)9-5-4-8(12)6-10(9)13/h9H,3-6H2,1-2H3. The molecule has 0 spiro atoms. The van der Waals surface area contributed by atoms with Crippen LogP contribution < -0.4 is 0 Å². The van der Waals surface area contributed by atoms with Crippen molar-refractivity contribution in [1.29, 1.82) is 0 Å². The smallest absolute Gasteiger partial charge is 0.149 e. The number of nitrogens with zero attached hydrogens (tertiary/aromatic N) is 1. The third kappa shape index (κ3) is 2.65. The minimum Gasteiger partial charge on any atom is -0.396 e. The molecule has 1 fully saturated rings. The monoisotopic (exact) mass is 197 g/mol. The molecule has 1 aliphatic rings. The molecule has 0 aromatic rings. The Morgan fingerprint density at radius 2 is 2.29 bits per heavy atom. The Labute approximate surface area is 83.3 Å². The molecule has 1 atom stereocenters. The van der Waals surface area contributed by atoms with Gasteiger partial charge in [0.15, 0.2) is 0 Å². The molecule has 1 saturated carbocycles. The molecule has 0 aromatic heterocycles. The second kappa shape index (κ2) is 4.88. The van der Waals surface area contributed by atoms with Crippen LogP contribution in [0.3, 0.4) is 0 Å². The number of oxime groups is 1. The first-order valence-corrected chi connectivity index (χ1v) is 4.86. The van der Waals surface area contributed by atoms with Gasteiger partial charge in [0.05, 0.1) is 18.1 Å². The summed E-state index contributed by atoms with van der Waals surface area (Å²) in [6.07, 6.45) is 1.12. The maximum atomic E-state index is 11.5. The molecule has 4 nitrogen and oxygen atoms in total. The molecule has 78 valence electrons. The Bertz CT molecular complexity index is 271. The van der Waals surface area contributed by atoms with Gasteiger partial charge in [-0.15, -0.1) is 0 Å². The van der Waals surface area contributed by atoms with Gasteiger partial charge in [-0.1, -0.05) is 5.16 Å². The number of carbonyl (C=O) groups excluding carboxylic acids is 2. The van der Waals surface area contributed by atoms with Crippen molar-refractivity contribution in [2.45, 2.75) is 33.1 Å². The fourth-order valence-corrected chi connectivity index (χ4v) is 1.54. The molecule has 1 rings (SSSR count). The summed E-state index contributed by atoms with van der Waals surface area (Å²) in [5, 5.41) is 3.83. The van der Waals surface area contributed by atoms with Gasteiger partial charge < -0.3 is 4.84 Å². The van der Waals surface area contributed by atoms with Crippen LogP contribution in [0.15, 0.2) is 5.16 Å². The SMILES string of the molecule is CCON=C(C)C1CCC(=O)CC1=O. The molecule has 0 aliphatic heterocycles. The Balaban J connectivity index is 2.59. The fourth-order valence-electron chi connectivity index (χ4n) is 1.54. The zero-order valence-electron chi connectivity index (χ0n) is 8.58. The van der Waals surface area contributed by atoms with Crippen molar-refractivity contribution >= 4 is 17.3 Å². The molecule has 0 heterocycles. The fraction of sp³-hybridized carbons (Fsp3) is 0.700. The summed E-state index contributed by atoms with van der Waals surface area (Å²) < 4.78 is 0. The average Bonchev–Trinajstić information content (AvgIpc) is 2.14. The molecule has 0 N–H and O–H groups in total. The van der Waals surface area contributed by atoms with Crippen molar-refractivity contribution in [2.75, 3.05) is 6.61 Å². The topological polar surface area (TPSA) is 55.7 Å². The number of rotatable bonds is 3. The van der Waals surface area contributed by atoms with Crippen LogP contribution in [-0.2, 0) is 14.4 Å². The van der Waals surface area contributed by atoms with Crippen LogP contribution in [0.1, 0.15) is 33.1 Å². The summed E-state index contributed by atoms with van der Waals surface area (Å²) in [7, 11) is 0. The molecule has 0 bridgehead atoms. The van der Waals surface area contributed by atoms with Gasteiger partial charge in [-0.2, -0.15) is 0 Å². The highest BCUT2D eigenvalue weighted by Crippen LogP contribution is 2.19. The van der Waals surface area contributed by atoms with Gasteiger partial charge in [0.1, 0.15) is 18.2 Å². The molecule has 0 amide bonds. The molecule has 0 aromatic carbocycles. The van der Waals surface area contributed by atoms with E-state index >= 15 is 0 Å². The van der Waals surface area contributed by atoms with Gasteiger partial charge >= 0.3 is 0 Å². The number of ketones is 2. The zero-order valence-corrected chi connectivity index (χ0v) is 8.58. The Morgan fingerprint density at radius 3 is 2.86 bits per heavy atom. The van der Waals surface area contributed by atoms with E-state index in [1.807, 2.05) is 6.92 Å². The van der Waals surface area contributed by atoms with Crippen LogP contribution in [0, 0.1) is 5.92 Å². The van der Waals surface area contributed by atoms with E-state index in [0.717, 1.165) is 0 Å². The van der Waals surface area contributed by atoms with E-state index in [2.05, 4.69) is 5.16 Å². The molecule has 0 saturated heterocycles. The van der Waals surface area contributed by atoms with E-state index in [1.54, 1.807) is 6.92 Å². The summed E-state index contributed by atoms with van der Waals surface area (Å²) >= 11 is 0. The number of Topliss-reactive ketones (excluding diaryl/α,β-unsaturated/α-hetero) is 2. The Kier molecular flexibility index (Phi) is 3.80. The summed E-state index contributed by atoms with van der Waals surface area (Å²) in [6.45, 7) is 4.11. The van der Waals surface area contributed by atoms with Crippen LogP contribution in [0.4, 0.5) is 0 Å². The van der Waals surface area contributed by atoms with Gasteiger partial charge in [-0.25, -0.2) is 0 Å². The zero-order chi connectivity index (χ0) is 10.6. The highest BCUT2D eigenvalue weighted by atomic mass is 16.6. The van der Waals surface area contributed by atoms with Crippen molar-refractivity contribution < 1.29 is 14.4 Å². The molecular weight excluding hydrogens is 182 g/mol. The first kappa shape index (κ1) is 10.9. The summed E-state index contributed by atoms with van der Waals surface area (Å²) in [5.74, 6) is -0.197. The van der Waals surface area contributed by atoms with E-state index in [9.17, 15) is 9.59 Å². The minimum absolute atomic E-state index is 0.0257. The normalized spacial score (nSPS) is 23.9. The van der Waals surface area contributed by atoms with E-state index in [1.165, 1.54) is 0 Å². The molecular formula is C10H15NO3. The lowest BCUT2D eigenvalue weighted by Crippen LogP contribution is -2.29. The van der Waals surface area contributed by atoms with E-state index in [0.29, 0.717) is 25.2 Å². The van der Waals surface area contributed by atoms with Crippen LogP contribution in [0.2, 0.25) is 0 Å². The third-order valence-electron chi connectivity index (χ3n) is 2.31. The maximum Gasteiger partial charge on any atom is 0.149 e. The number of hydrogen-bond donors (Lipinski definition) is 0. The second-order valence-electron chi connectivity index (χ2n) is 3.42. The van der Waals surface area contributed by atoms with Gasteiger partial charge in [0.2, 0.25) is 0 Å². The van der Waals surface area contributed by atoms with Crippen molar-refractivity contribution in [3.8, 4) is 0 Å². The molecule has 14 heavy (non-hydrogen) atoms. The van der Waals surface area contributed by atoms with Crippen LogP contribution in [0.5, 0.6) is 0 Å². The first-order chi connectivity index (χ1) is 6.65. The van der Waals surface area contributed by atoms with Gasteiger partial charge in [0.25, 0.3) is 0 Å². The molecule has 1 unspecified atom stereocenters. The minimum atomic E-state index is -0.209. The quantitative estimate of drug-likeness (QED) is 0.389. The predicted octanol–water partition coefficient (Wildman–Crippen LogP) is 1.34. The first-order valence-electron chi connectivity index (χ1n) is 4.86. The van der Waals surface area contributed by atoms with E-state index in [4.69, 9.17) is 4.84 Å². The lowest BCUT2D eigenvalue weighted by Gasteiger charge is -2.18. The van der Waals surface area contributed by atoms with Crippen molar-refractivity contribution in [3.63, 3.8) is 0 Å². The van der Waals surface area contributed by atoms with Crippen molar-refractivity contribution in [3.05, 3.63) is 0 Å². The van der Waals surface area contributed by atoms with Crippen molar-refractivity contribution in [2.24, 2.45) is 11.1 Å². The van der Waals surface area contributed by atoms with Gasteiger partial charge in [-0.05, 0) is 20.3 Å². The lowest BCUT2D eigenvalue weighted by atomic mass is 9.84. The lowest BCUT2D eigenvalue weighted by molar-refractivity contribution is -0.131. The summed E-state index contributed by atoms with van der Waals surface area (Å²) in [6, 6.07) is 0. The van der Waals surface area contributed by atoms with Crippen LogP contribution >= 0.6 is 0 Å². The third-order valence-corrected chi connectivity index (χ3v) is 2.31. The van der Waals surface area contributed by atoms with Crippen LogP contribution in [0.25, 0.3) is 0 Å². The number of hydrogen-bond acceptors (Lipinski definition) is 4. The van der Waals surface area contributed by atoms with Crippen molar-refractivity contribution in [1.82, 2.24) is 0 Å². The highest BCUT2D eigenvalue weighted by molar-refractivity contribution is 6.12. The average molecular weight is 197 g/mol. The molecule has 0 radical (unpaired) electrons. The van der Waals surface area contributed by atoms with Gasteiger partial charge in [-0.3, -0.25) is 9.59 Å². The largest absolute Gasteiger partial charge is 0.396 e. The predicted molar refractivity (Wildman–Crippen MR) is 52.1 cm³/mol. The molecule has 1 aliphatic carbocycles. The Morgan fingerprint density at radius 1 is 1.57 bits per heavy atom. The number of carbonyl (C=O) groups is 2. The second-order valence-corrected chi connectivity index (χ2v) is 3.42. The summed E-state index contributed by atoms with van der Waals surface area (Å²) in [5.41, 5.74) is 0.685. The summed E-state index contributed by atoms with van der Waals surface area (Å²) in [4.78, 5) is 27.3. The van der Waals surface area contributed by atoms with Gasteiger partial charge in [0, 0.05) is 6.42 Å².